The van der Waals surface area contributed by atoms with E-state index < -0.39 is 0 Å². The van der Waals surface area contributed by atoms with Crippen molar-refractivity contribution in [1.82, 2.24) is 14.8 Å². The standard InChI is InChI=1S/C27H33N3O3S/c1-21-7-6-10-25(22(21)2)33-19-26-28-24(20-34-26)18-30(12-11-29-13-15-32-16-14-29)27(31)17-23-8-4-3-5-9-23/h3-10,20H,11-19H2,1-2H3. The molecule has 34 heavy (non-hydrogen) atoms. The van der Waals surface area contributed by atoms with Gasteiger partial charge in [0, 0.05) is 31.6 Å². The highest BCUT2D eigenvalue weighted by molar-refractivity contribution is 7.09. The van der Waals surface area contributed by atoms with E-state index in [4.69, 9.17) is 14.5 Å². The SMILES string of the molecule is Cc1cccc(OCc2nc(CN(CCN3CCOCC3)C(=O)Cc3ccccc3)cs2)c1C. The second kappa shape index (κ2) is 12.1. The zero-order chi connectivity index (χ0) is 23.8. The Morgan fingerprint density at radius 3 is 2.71 bits per heavy atom. The van der Waals surface area contributed by atoms with E-state index in [9.17, 15) is 4.79 Å². The number of thiazole rings is 1. The lowest BCUT2D eigenvalue weighted by molar-refractivity contribution is -0.131. The molecule has 0 unspecified atom stereocenters. The van der Waals surface area contributed by atoms with Gasteiger partial charge in [-0.3, -0.25) is 9.69 Å². The lowest BCUT2D eigenvalue weighted by Gasteiger charge is -2.30. The number of carbonyl (C=O) groups is 1. The molecular formula is C27H33N3O3S. The summed E-state index contributed by atoms with van der Waals surface area (Å²) in [6.07, 6.45) is 0.399. The molecule has 1 saturated heterocycles. The van der Waals surface area contributed by atoms with Crippen molar-refractivity contribution < 1.29 is 14.3 Å². The number of hydrogen-bond acceptors (Lipinski definition) is 6. The Balaban J connectivity index is 1.38. The summed E-state index contributed by atoms with van der Waals surface area (Å²) >= 11 is 1.58. The summed E-state index contributed by atoms with van der Waals surface area (Å²) in [5, 5.41) is 2.96. The molecule has 0 aliphatic carbocycles. The van der Waals surface area contributed by atoms with Crippen LogP contribution >= 0.6 is 11.3 Å². The minimum Gasteiger partial charge on any atom is -0.486 e. The van der Waals surface area contributed by atoms with E-state index in [0.29, 0.717) is 26.1 Å². The van der Waals surface area contributed by atoms with Crippen LogP contribution in [0, 0.1) is 13.8 Å². The highest BCUT2D eigenvalue weighted by atomic mass is 32.1. The fourth-order valence-electron chi connectivity index (χ4n) is 3.96. The van der Waals surface area contributed by atoms with Gasteiger partial charge in [0.1, 0.15) is 17.4 Å². The van der Waals surface area contributed by atoms with E-state index in [0.717, 1.165) is 60.4 Å². The zero-order valence-corrected chi connectivity index (χ0v) is 20.9. The van der Waals surface area contributed by atoms with Gasteiger partial charge in [-0.1, -0.05) is 42.5 Å². The fourth-order valence-corrected chi connectivity index (χ4v) is 4.66. The van der Waals surface area contributed by atoms with Crippen LogP contribution in [0.25, 0.3) is 0 Å². The number of amides is 1. The van der Waals surface area contributed by atoms with Crippen LogP contribution in [0.1, 0.15) is 27.4 Å². The smallest absolute Gasteiger partial charge is 0.227 e. The predicted molar refractivity (Wildman–Crippen MR) is 135 cm³/mol. The quantitative estimate of drug-likeness (QED) is 0.435. The van der Waals surface area contributed by atoms with Gasteiger partial charge in [0.25, 0.3) is 0 Å². The molecule has 6 nitrogen and oxygen atoms in total. The topological polar surface area (TPSA) is 54.9 Å². The molecule has 2 heterocycles. The van der Waals surface area contributed by atoms with Gasteiger partial charge in [-0.25, -0.2) is 4.98 Å². The molecule has 0 N–H and O–H groups in total. The van der Waals surface area contributed by atoms with E-state index in [2.05, 4.69) is 24.8 Å². The first kappa shape index (κ1) is 24.4. The van der Waals surface area contributed by atoms with Gasteiger partial charge in [0.05, 0.1) is 31.9 Å². The Kier molecular flexibility index (Phi) is 8.68. The number of benzene rings is 2. The Morgan fingerprint density at radius 1 is 1.12 bits per heavy atom. The van der Waals surface area contributed by atoms with Gasteiger partial charge >= 0.3 is 0 Å². The number of rotatable bonds is 10. The van der Waals surface area contributed by atoms with Crippen molar-refractivity contribution in [3.05, 3.63) is 81.3 Å². The van der Waals surface area contributed by atoms with Crippen molar-refractivity contribution in [3.63, 3.8) is 0 Å². The Bertz CT molecular complexity index is 1060. The first-order chi connectivity index (χ1) is 16.6. The van der Waals surface area contributed by atoms with Crippen LogP contribution < -0.4 is 4.74 Å². The first-order valence-corrected chi connectivity index (χ1v) is 12.7. The van der Waals surface area contributed by atoms with Gasteiger partial charge in [-0.05, 0) is 36.6 Å². The molecule has 4 rings (SSSR count). The van der Waals surface area contributed by atoms with E-state index >= 15 is 0 Å². The summed E-state index contributed by atoms with van der Waals surface area (Å²) in [4.78, 5) is 22.3. The minimum atomic E-state index is 0.126. The summed E-state index contributed by atoms with van der Waals surface area (Å²) in [7, 11) is 0. The summed E-state index contributed by atoms with van der Waals surface area (Å²) in [6.45, 7) is 9.96. The van der Waals surface area contributed by atoms with Gasteiger partial charge in [0.15, 0.2) is 0 Å². The number of aromatic nitrogens is 1. The third-order valence-corrected chi connectivity index (χ3v) is 7.07. The van der Waals surface area contributed by atoms with Crippen molar-refractivity contribution in [2.45, 2.75) is 33.4 Å². The summed E-state index contributed by atoms with van der Waals surface area (Å²) in [5.41, 5.74) is 4.31. The Labute approximate surface area is 206 Å². The molecule has 1 aromatic heterocycles. The second-order valence-corrected chi connectivity index (χ2v) is 9.59. The monoisotopic (exact) mass is 479 g/mol. The molecule has 1 aliphatic rings. The normalized spacial score (nSPS) is 14.2. The Hall–Kier alpha value is -2.74. The van der Waals surface area contributed by atoms with Crippen molar-refractivity contribution >= 4 is 17.2 Å². The minimum absolute atomic E-state index is 0.126. The van der Waals surface area contributed by atoms with Gasteiger partial charge in [-0.2, -0.15) is 0 Å². The van der Waals surface area contributed by atoms with E-state index in [1.807, 2.05) is 52.7 Å². The van der Waals surface area contributed by atoms with Gasteiger partial charge in [0.2, 0.25) is 5.91 Å². The van der Waals surface area contributed by atoms with Gasteiger partial charge < -0.3 is 14.4 Å². The molecule has 0 radical (unpaired) electrons. The third kappa shape index (κ3) is 6.88. The number of aryl methyl sites for hydroxylation is 1. The van der Waals surface area contributed by atoms with E-state index in [1.54, 1.807) is 11.3 Å². The second-order valence-electron chi connectivity index (χ2n) is 8.65. The molecule has 0 spiro atoms. The average molecular weight is 480 g/mol. The van der Waals surface area contributed by atoms with Crippen LogP contribution in [0.4, 0.5) is 0 Å². The molecule has 3 aromatic rings. The summed E-state index contributed by atoms with van der Waals surface area (Å²) in [6, 6.07) is 16.0. The van der Waals surface area contributed by atoms with Crippen LogP contribution in [0.2, 0.25) is 0 Å². The molecular weight excluding hydrogens is 446 g/mol. The van der Waals surface area contributed by atoms with Crippen LogP contribution in [-0.2, 0) is 29.1 Å². The molecule has 180 valence electrons. The lowest BCUT2D eigenvalue weighted by atomic mass is 10.1. The maximum atomic E-state index is 13.2. The number of ether oxygens (including phenoxy) is 2. The lowest BCUT2D eigenvalue weighted by Crippen LogP contribution is -2.43. The molecule has 1 fully saturated rings. The molecule has 7 heteroatoms. The number of nitrogens with zero attached hydrogens (tertiary/aromatic N) is 3. The number of carbonyl (C=O) groups excluding carboxylic acids is 1. The number of hydrogen-bond donors (Lipinski definition) is 0. The molecule has 1 aliphatic heterocycles. The van der Waals surface area contributed by atoms with Crippen LogP contribution in [0.15, 0.2) is 53.9 Å². The van der Waals surface area contributed by atoms with Crippen molar-refractivity contribution in [2.24, 2.45) is 0 Å². The highest BCUT2D eigenvalue weighted by Crippen LogP contribution is 2.22. The van der Waals surface area contributed by atoms with Crippen molar-refractivity contribution in [1.29, 1.82) is 0 Å². The van der Waals surface area contributed by atoms with Crippen molar-refractivity contribution in [3.8, 4) is 5.75 Å². The predicted octanol–water partition coefficient (Wildman–Crippen LogP) is 4.24. The van der Waals surface area contributed by atoms with E-state index in [1.165, 1.54) is 5.56 Å². The van der Waals surface area contributed by atoms with Crippen molar-refractivity contribution in [2.75, 3.05) is 39.4 Å². The molecule has 0 bridgehead atoms. The molecule has 0 saturated carbocycles. The average Bonchev–Trinajstić information content (AvgIpc) is 3.31. The largest absolute Gasteiger partial charge is 0.486 e. The number of morpholine rings is 1. The zero-order valence-electron chi connectivity index (χ0n) is 20.0. The first-order valence-electron chi connectivity index (χ1n) is 11.8. The molecule has 0 atom stereocenters. The van der Waals surface area contributed by atoms with Crippen LogP contribution in [0.3, 0.4) is 0 Å². The summed E-state index contributed by atoms with van der Waals surface area (Å²) < 4.78 is 11.5. The third-order valence-electron chi connectivity index (χ3n) is 6.20. The fraction of sp³-hybridized carbons (Fsp3) is 0.407. The highest BCUT2D eigenvalue weighted by Gasteiger charge is 2.19. The van der Waals surface area contributed by atoms with Gasteiger partial charge in [-0.15, -0.1) is 11.3 Å². The maximum Gasteiger partial charge on any atom is 0.227 e. The van der Waals surface area contributed by atoms with E-state index in [-0.39, 0.29) is 5.91 Å². The Morgan fingerprint density at radius 2 is 1.91 bits per heavy atom. The maximum absolute atomic E-state index is 13.2. The van der Waals surface area contributed by atoms with Crippen LogP contribution in [0.5, 0.6) is 5.75 Å². The summed E-state index contributed by atoms with van der Waals surface area (Å²) in [5.74, 6) is 1.02. The van der Waals surface area contributed by atoms with Crippen LogP contribution in [-0.4, -0.2) is 60.1 Å². The molecule has 2 aromatic carbocycles. The molecule has 1 amide bonds.